The molecule has 2 unspecified atom stereocenters. The Morgan fingerprint density at radius 2 is 2.38 bits per heavy atom. The molecule has 0 aromatic carbocycles. The fourth-order valence-corrected chi connectivity index (χ4v) is 2.76. The number of furan rings is 1. The van der Waals surface area contributed by atoms with Crippen molar-refractivity contribution in [3.8, 4) is 0 Å². The lowest BCUT2D eigenvalue weighted by Gasteiger charge is -2.20. The van der Waals surface area contributed by atoms with Crippen LogP contribution in [0.3, 0.4) is 0 Å². The monoisotopic (exact) mass is 221 g/mol. The maximum atomic E-state index is 5.08. The maximum absolute atomic E-state index is 5.08. The predicted octanol–water partition coefficient (Wildman–Crippen LogP) is 3.73. The smallest absolute Gasteiger partial charge is 0.0947 e. The summed E-state index contributed by atoms with van der Waals surface area (Å²) in [5, 5.41) is 3.68. The summed E-state index contributed by atoms with van der Waals surface area (Å²) in [5.41, 5.74) is 1.26. The van der Waals surface area contributed by atoms with E-state index in [2.05, 4.69) is 12.2 Å². The van der Waals surface area contributed by atoms with Gasteiger partial charge in [-0.25, -0.2) is 0 Å². The van der Waals surface area contributed by atoms with E-state index in [1.165, 1.54) is 44.1 Å². The van der Waals surface area contributed by atoms with Gasteiger partial charge in [0.2, 0.25) is 0 Å². The van der Waals surface area contributed by atoms with Gasteiger partial charge in [-0.1, -0.05) is 26.2 Å². The molecule has 1 N–H and O–H groups in total. The van der Waals surface area contributed by atoms with E-state index in [0.29, 0.717) is 0 Å². The lowest BCUT2D eigenvalue weighted by molar-refractivity contribution is 0.368. The second kappa shape index (κ2) is 6.09. The van der Waals surface area contributed by atoms with Gasteiger partial charge in [-0.15, -0.1) is 0 Å². The van der Waals surface area contributed by atoms with Crippen LogP contribution in [0.15, 0.2) is 23.0 Å². The van der Waals surface area contributed by atoms with Crippen molar-refractivity contribution in [2.24, 2.45) is 5.92 Å². The third-order valence-electron chi connectivity index (χ3n) is 3.74. The summed E-state index contributed by atoms with van der Waals surface area (Å²) < 4.78 is 5.08. The van der Waals surface area contributed by atoms with Crippen LogP contribution in [0.2, 0.25) is 0 Å². The van der Waals surface area contributed by atoms with Crippen LogP contribution < -0.4 is 5.32 Å². The summed E-state index contributed by atoms with van der Waals surface area (Å²) in [5.74, 6) is 0.909. The molecule has 1 aromatic rings. The first-order valence-electron chi connectivity index (χ1n) is 6.64. The first-order valence-corrected chi connectivity index (χ1v) is 6.64. The molecule has 90 valence electrons. The second-order valence-electron chi connectivity index (χ2n) is 4.95. The molecule has 2 nitrogen and oxygen atoms in total. The van der Waals surface area contributed by atoms with Crippen molar-refractivity contribution in [1.82, 2.24) is 5.32 Å². The van der Waals surface area contributed by atoms with Crippen LogP contribution in [0.25, 0.3) is 0 Å². The van der Waals surface area contributed by atoms with Crippen LogP contribution in [-0.4, -0.2) is 6.04 Å². The molecule has 2 atom stereocenters. The number of hydrogen-bond donors (Lipinski definition) is 1. The molecule has 1 saturated carbocycles. The molecule has 2 rings (SSSR count). The largest absolute Gasteiger partial charge is 0.472 e. The van der Waals surface area contributed by atoms with Crippen molar-refractivity contribution >= 4 is 0 Å². The molecular weight excluding hydrogens is 198 g/mol. The molecule has 1 aliphatic carbocycles. The topological polar surface area (TPSA) is 25.2 Å². The first-order chi connectivity index (χ1) is 7.90. The Bertz CT molecular complexity index is 281. The predicted molar refractivity (Wildman–Crippen MR) is 66.2 cm³/mol. The quantitative estimate of drug-likeness (QED) is 0.792. The molecule has 1 heterocycles. The normalized spacial score (nSPS) is 25.1. The minimum atomic E-state index is 0.737. The Hall–Kier alpha value is -0.760. The summed E-state index contributed by atoms with van der Waals surface area (Å²) in [4.78, 5) is 0. The van der Waals surface area contributed by atoms with Gasteiger partial charge in [0.15, 0.2) is 0 Å². The summed E-state index contributed by atoms with van der Waals surface area (Å²) in [7, 11) is 0. The maximum Gasteiger partial charge on any atom is 0.0947 e. The Morgan fingerprint density at radius 1 is 1.44 bits per heavy atom. The van der Waals surface area contributed by atoms with E-state index in [1.54, 1.807) is 6.26 Å². The lowest BCUT2D eigenvalue weighted by atomic mass is 9.97. The lowest BCUT2D eigenvalue weighted by Crippen LogP contribution is -2.31. The van der Waals surface area contributed by atoms with Crippen molar-refractivity contribution < 1.29 is 4.42 Å². The first kappa shape index (κ1) is 11.7. The summed E-state index contributed by atoms with van der Waals surface area (Å²) in [6.07, 6.45) is 11.9. The van der Waals surface area contributed by atoms with E-state index in [-0.39, 0.29) is 0 Å². The Kier molecular flexibility index (Phi) is 4.46. The Balaban J connectivity index is 1.75. The SMILES string of the molecule is CCCCC1CCCC1NCc1ccoc1. The van der Waals surface area contributed by atoms with Crippen molar-refractivity contribution in [2.45, 2.75) is 58.0 Å². The van der Waals surface area contributed by atoms with Crippen molar-refractivity contribution in [3.63, 3.8) is 0 Å². The van der Waals surface area contributed by atoms with E-state index in [4.69, 9.17) is 4.42 Å². The van der Waals surface area contributed by atoms with E-state index >= 15 is 0 Å². The average Bonchev–Trinajstić information content (AvgIpc) is 2.94. The molecule has 0 amide bonds. The Labute approximate surface area is 98.4 Å². The van der Waals surface area contributed by atoms with E-state index in [0.717, 1.165) is 18.5 Å². The van der Waals surface area contributed by atoms with Crippen LogP contribution in [0.1, 0.15) is 51.0 Å². The van der Waals surface area contributed by atoms with Crippen molar-refractivity contribution in [1.29, 1.82) is 0 Å². The van der Waals surface area contributed by atoms with Gasteiger partial charge in [0.1, 0.15) is 0 Å². The highest BCUT2D eigenvalue weighted by atomic mass is 16.3. The zero-order valence-electron chi connectivity index (χ0n) is 10.2. The van der Waals surface area contributed by atoms with Crippen molar-refractivity contribution in [2.75, 3.05) is 0 Å². The molecular formula is C14H23NO. The molecule has 0 spiro atoms. The highest BCUT2D eigenvalue weighted by Crippen LogP contribution is 2.30. The molecule has 0 bridgehead atoms. The molecule has 0 saturated heterocycles. The van der Waals surface area contributed by atoms with Gasteiger partial charge in [-0.05, 0) is 31.2 Å². The third kappa shape index (κ3) is 3.11. The minimum absolute atomic E-state index is 0.737. The highest BCUT2D eigenvalue weighted by Gasteiger charge is 2.25. The third-order valence-corrected chi connectivity index (χ3v) is 3.74. The summed E-state index contributed by atoms with van der Waals surface area (Å²) in [6, 6.07) is 2.78. The second-order valence-corrected chi connectivity index (χ2v) is 4.95. The number of hydrogen-bond acceptors (Lipinski definition) is 2. The molecule has 0 aliphatic heterocycles. The van der Waals surface area contributed by atoms with Gasteiger partial charge >= 0.3 is 0 Å². The van der Waals surface area contributed by atoms with Crippen LogP contribution in [0, 0.1) is 5.92 Å². The van der Waals surface area contributed by atoms with Crippen LogP contribution in [0.4, 0.5) is 0 Å². The van der Waals surface area contributed by atoms with Crippen LogP contribution in [-0.2, 0) is 6.54 Å². The molecule has 16 heavy (non-hydrogen) atoms. The molecule has 1 aliphatic rings. The number of nitrogens with one attached hydrogen (secondary N) is 1. The molecule has 1 aromatic heterocycles. The Morgan fingerprint density at radius 3 is 3.12 bits per heavy atom. The van der Waals surface area contributed by atoms with Crippen LogP contribution in [0.5, 0.6) is 0 Å². The highest BCUT2D eigenvalue weighted by molar-refractivity contribution is 5.05. The molecule has 0 radical (unpaired) electrons. The summed E-state index contributed by atoms with van der Waals surface area (Å²) >= 11 is 0. The number of rotatable bonds is 6. The van der Waals surface area contributed by atoms with E-state index < -0.39 is 0 Å². The van der Waals surface area contributed by atoms with Gasteiger partial charge in [-0.2, -0.15) is 0 Å². The summed E-state index contributed by atoms with van der Waals surface area (Å²) in [6.45, 7) is 3.24. The minimum Gasteiger partial charge on any atom is -0.472 e. The van der Waals surface area contributed by atoms with Crippen LogP contribution >= 0.6 is 0 Å². The number of unbranched alkanes of at least 4 members (excludes halogenated alkanes) is 1. The van der Waals surface area contributed by atoms with E-state index in [1.807, 2.05) is 12.3 Å². The zero-order chi connectivity index (χ0) is 11.2. The van der Waals surface area contributed by atoms with Crippen molar-refractivity contribution in [3.05, 3.63) is 24.2 Å². The van der Waals surface area contributed by atoms with Gasteiger partial charge in [0.25, 0.3) is 0 Å². The fraction of sp³-hybridized carbons (Fsp3) is 0.714. The van der Waals surface area contributed by atoms with E-state index in [9.17, 15) is 0 Å². The fourth-order valence-electron chi connectivity index (χ4n) is 2.76. The molecule has 2 heteroatoms. The van der Waals surface area contributed by atoms with Gasteiger partial charge in [-0.3, -0.25) is 0 Å². The van der Waals surface area contributed by atoms with Gasteiger partial charge in [0.05, 0.1) is 12.5 Å². The standard InChI is InChI=1S/C14H23NO/c1-2-3-5-13-6-4-7-14(13)15-10-12-8-9-16-11-12/h8-9,11,13-15H,2-7,10H2,1H3. The molecule has 1 fully saturated rings. The zero-order valence-corrected chi connectivity index (χ0v) is 10.2. The average molecular weight is 221 g/mol. The van der Waals surface area contributed by atoms with Gasteiger partial charge in [0, 0.05) is 18.2 Å². The van der Waals surface area contributed by atoms with Gasteiger partial charge < -0.3 is 9.73 Å².